The molecule has 2 aromatic rings. The van der Waals surface area contributed by atoms with Gasteiger partial charge in [-0.25, -0.2) is 0 Å². The van der Waals surface area contributed by atoms with Crippen molar-refractivity contribution in [3.63, 3.8) is 0 Å². The summed E-state index contributed by atoms with van der Waals surface area (Å²) < 4.78 is 5.39. The quantitative estimate of drug-likeness (QED) is 0.802. The topological polar surface area (TPSA) is 59.2 Å². The molecular weight excluding hydrogens is 350 g/mol. The summed E-state index contributed by atoms with van der Waals surface area (Å²) in [5.41, 5.74) is 0.695. The maximum atomic E-state index is 13.4. The summed E-state index contributed by atoms with van der Waals surface area (Å²) >= 11 is 6.04. The minimum Gasteiger partial charge on any atom is -0.340 e. The van der Waals surface area contributed by atoms with Gasteiger partial charge in [0, 0.05) is 24.0 Å². The number of hydrogen-bond acceptors (Lipinski definition) is 4. The van der Waals surface area contributed by atoms with Crippen molar-refractivity contribution in [2.24, 2.45) is 0 Å². The fourth-order valence-electron chi connectivity index (χ4n) is 4.12. The molecule has 0 atom stereocenters. The summed E-state index contributed by atoms with van der Waals surface area (Å²) in [6.45, 7) is 5.41. The molecule has 1 aromatic heterocycles. The smallest absolute Gasteiger partial charge is 0.233 e. The zero-order valence-electron chi connectivity index (χ0n) is 15.2. The molecule has 1 aliphatic carbocycles. The minimum absolute atomic E-state index is 0.155. The summed E-state index contributed by atoms with van der Waals surface area (Å²) in [6, 6.07) is 7.79. The van der Waals surface area contributed by atoms with Crippen molar-refractivity contribution in [3.05, 3.63) is 46.6 Å². The number of carbonyl (C=O) groups excluding carboxylic acids is 1. The van der Waals surface area contributed by atoms with Gasteiger partial charge in [-0.1, -0.05) is 55.6 Å². The Labute approximate surface area is 158 Å². The van der Waals surface area contributed by atoms with Gasteiger partial charge in [0.1, 0.15) is 0 Å². The Morgan fingerprint density at radius 3 is 2.46 bits per heavy atom. The van der Waals surface area contributed by atoms with E-state index < -0.39 is 5.41 Å². The van der Waals surface area contributed by atoms with Gasteiger partial charge in [0.25, 0.3) is 0 Å². The van der Waals surface area contributed by atoms with E-state index in [1.807, 2.05) is 43.0 Å². The monoisotopic (exact) mass is 373 g/mol. The molecule has 1 amide bonds. The molecule has 6 heteroatoms. The first-order valence-corrected chi connectivity index (χ1v) is 9.76. The van der Waals surface area contributed by atoms with Crippen molar-refractivity contribution in [1.82, 2.24) is 15.0 Å². The van der Waals surface area contributed by atoms with E-state index in [4.69, 9.17) is 16.1 Å². The lowest BCUT2D eigenvalue weighted by molar-refractivity contribution is -0.142. The maximum absolute atomic E-state index is 13.4. The molecule has 1 saturated carbocycles. The number of rotatable bonds is 4. The lowest BCUT2D eigenvalue weighted by atomic mass is 9.76. The van der Waals surface area contributed by atoms with Gasteiger partial charge in [0.05, 0.1) is 11.3 Å². The van der Waals surface area contributed by atoms with Gasteiger partial charge in [-0.05, 0) is 30.5 Å². The van der Waals surface area contributed by atoms with E-state index in [1.54, 1.807) is 0 Å². The number of hydrogen-bond donors (Lipinski definition) is 0. The van der Waals surface area contributed by atoms with Crippen LogP contribution in [0.3, 0.4) is 0 Å². The molecule has 0 spiro atoms. The van der Waals surface area contributed by atoms with Crippen LogP contribution >= 0.6 is 11.6 Å². The van der Waals surface area contributed by atoms with Gasteiger partial charge in [-0.3, -0.25) is 4.79 Å². The highest BCUT2D eigenvalue weighted by molar-refractivity contribution is 6.30. The predicted octanol–water partition coefficient (Wildman–Crippen LogP) is 4.28. The van der Waals surface area contributed by atoms with Gasteiger partial charge in [0.2, 0.25) is 11.8 Å². The first-order chi connectivity index (χ1) is 12.5. The molecule has 0 N–H and O–H groups in total. The van der Waals surface area contributed by atoms with E-state index in [-0.39, 0.29) is 17.7 Å². The molecule has 1 aromatic carbocycles. The lowest BCUT2D eigenvalue weighted by Crippen LogP contribution is -2.55. The Morgan fingerprint density at radius 1 is 1.23 bits per heavy atom. The standard InChI is InChI=1S/C20H24ClN3O2/c1-13(2)17-22-18(26-23-17)14-11-24(12-14)19(25)20(9-3-4-10-20)15-5-7-16(21)8-6-15/h5-8,13-14H,3-4,9-12H2,1-2H3. The second-order valence-corrected chi connectivity index (χ2v) is 8.29. The number of carbonyl (C=O) groups is 1. The van der Waals surface area contributed by atoms with E-state index in [9.17, 15) is 4.79 Å². The van der Waals surface area contributed by atoms with Crippen molar-refractivity contribution in [1.29, 1.82) is 0 Å². The third kappa shape index (κ3) is 2.92. The highest BCUT2D eigenvalue weighted by Crippen LogP contribution is 2.44. The Bertz CT molecular complexity index is 788. The molecule has 26 heavy (non-hydrogen) atoms. The SMILES string of the molecule is CC(C)c1noc(C2CN(C(=O)C3(c4ccc(Cl)cc4)CCCC3)C2)n1. The van der Waals surface area contributed by atoms with Crippen LogP contribution in [0.15, 0.2) is 28.8 Å². The Morgan fingerprint density at radius 2 is 1.88 bits per heavy atom. The summed E-state index contributed by atoms with van der Waals surface area (Å²) in [5, 5.41) is 4.74. The normalized spacial score (nSPS) is 19.8. The summed E-state index contributed by atoms with van der Waals surface area (Å²) in [4.78, 5) is 19.8. The number of amides is 1. The van der Waals surface area contributed by atoms with Gasteiger partial charge < -0.3 is 9.42 Å². The molecule has 138 valence electrons. The summed E-state index contributed by atoms with van der Waals surface area (Å²) in [5.74, 6) is 2.03. The number of nitrogens with zero attached hydrogens (tertiary/aromatic N) is 3. The van der Waals surface area contributed by atoms with Gasteiger partial charge in [0.15, 0.2) is 5.82 Å². The van der Waals surface area contributed by atoms with Crippen LogP contribution in [-0.2, 0) is 10.2 Å². The van der Waals surface area contributed by atoms with E-state index in [1.165, 1.54) is 0 Å². The van der Waals surface area contributed by atoms with Crippen molar-refractivity contribution < 1.29 is 9.32 Å². The largest absolute Gasteiger partial charge is 0.340 e. The molecular formula is C20H24ClN3O2. The fraction of sp³-hybridized carbons (Fsp3) is 0.550. The van der Waals surface area contributed by atoms with Gasteiger partial charge >= 0.3 is 0 Å². The van der Waals surface area contributed by atoms with Crippen LogP contribution in [0.2, 0.25) is 5.02 Å². The highest BCUT2D eigenvalue weighted by Gasteiger charge is 2.48. The first kappa shape index (κ1) is 17.5. The van der Waals surface area contributed by atoms with Crippen molar-refractivity contribution in [2.45, 2.75) is 56.8 Å². The average molecular weight is 374 g/mol. The molecule has 2 fully saturated rings. The zero-order valence-corrected chi connectivity index (χ0v) is 16.0. The molecule has 0 unspecified atom stereocenters. The van der Waals surface area contributed by atoms with Crippen molar-refractivity contribution in [2.75, 3.05) is 13.1 Å². The van der Waals surface area contributed by atoms with E-state index in [0.717, 1.165) is 37.1 Å². The van der Waals surface area contributed by atoms with Crippen molar-refractivity contribution in [3.8, 4) is 0 Å². The van der Waals surface area contributed by atoms with E-state index in [2.05, 4.69) is 10.1 Å². The molecule has 1 aliphatic heterocycles. The summed E-state index contributed by atoms with van der Waals surface area (Å²) in [7, 11) is 0. The second-order valence-electron chi connectivity index (χ2n) is 7.85. The van der Waals surface area contributed by atoms with Gasteiger partial charge in [-0.15, -0.1) is 0 Å². The van der Waals surface area contributed by atoms with Gasteiger partial charge in [-0.2, -0.15) is 4.98 Å². The minimum atomic E-state index is -0.395. The van der Waals surface area contributed by atoms with Crippen LogP contribution in [0.4, 0.5) is 0 Å². The number of halogens is 1. The van der Waals surface area contributed by atoms with Crippen LogP contribution in [0.5, 0.6) is 0 Å². The van der Waals surface area contributed by atoms with E-state index in [0.29, 0.717) is 24.0 Å². The van der Waals surface area contributed by atoms with E-state index >= 15 is 0 Å². The van der Waals surface area contributed by atoms with Crippen LogP contribution in [0, 0.1) is 0 Å². The molecule has 0 bridgehead atoms. The van der Waals surface area contributed by atoms with Crippen LogP contribution < -0.4 is 0 Å². The molecule has 2 heterocycles. The molecule has 2 aliphatic rings. The Balaban J connectivity index is 1.49. The lowest BCUT2D eigenvalue weighted by Gasteiger charge is -2.43. The highest BCUT2D eigenvalue weighted by atomic mass is 35.5. The number of benzene rings is 1. The predicted molar refractivity (Wildman–Crippen MR) is 99.3 cm³/mol. The molecule has 1 saturated heterocycles. The fourth-order valence-corrected chi connectivity index (χ4v) is 4.25. The van der Waals surface area contributed by atoms with Crippen LogP contribution in [0.25, 0.3) is 0 Å². The first-order valence-electron chi connectivity index (χ1n) is 9.38. The molecule has 5 nitrogen and oxygen atoms in total. The summed E-state index contributed by atoms with van der Waals surface area (Å²) in [6.07, 6.45) is 4.00. The third-order valence-corrected chi connectivity index (χ3v) is 6.01. The Kier molecular flexibility index (Phi) is 4.51. The number of aromatic nitrogens is 2. The zero-order chi connectivity index (χ0) is 18.3. The third-order valence-electron chi connectivity index (χ3n) is 5.76. The van der Waals surface area contributed by atoms with Crippen molar-refractivity contribution >= 4 is 17.5 Å². The second kappa shape index (κ2) is 6.69. The molecule has 0 radical (unpaired) electrons. The van der Waals surface area contributed by atoms with Crippen LogP contribution in [0.1, 0.15) is 68.6 Å². The molecule has 4 rings (SSSR count). The maximum Gasteiger partial charge on any atom is 0.233 e. The Hall–Kier alpha value is -1.88. The average Bonchev–Trinajstić information content (AvgIpc) is 3.24. The van der Waals surface area contributed by atoms with Crippen LogP contribution in [-0.4, -0.2) is 34.0 Å². The number of likely N-dealkylation sites (tertiary alicyclic amines) is 1.